The predicted octanol–water partition coefficient (Wildman–Crippen LogP) is 2.29. The van der Waals surface area contributed by atoms with Crippen LogP contribution in [0.2, 0.25) is 0 Å². The lowest BCUT2D eigenvalue weighted by atomic mass is 9.89. The highest BCUT2D eigenvalue weighted by atomic mass is 16.5. The zero-order chi connectivity index (χ0) is 15.0. The molecule has 2 atom stereocenters. The standard InChI is InChI=1S/C16H32N2O2/c1-5-17-15(16(19)20-4)9-12-18-10-6-7-14(8-11-18)13(2)3/h13-15,17H,5-12H2,1-4H3. The van der Waals surface area contributed by atoms with Crippen LogP contribution in [0.1, 0.15) is 46.5 Å². The van der Waals surface area contributed by atoms with Gasteiger partial charge in [-0.3, -0.25) is 4.79 Å². The number of likely N-dealkylation sites (N-methyl/N-ethyl adjacent to an activating group) is 1. The van der Waals surface area contributed by atoms with E-state index in [9.17, 15) is 4.79 Å². The fraction of sp³-hybridized carbons (Fsp3) is 0.938. The summed E-state index contributed by atoms with van der Waals surface area (Å²) in [4.78, 5) is 14.2. The van der Waals surface area contributed by atoms with E-state index < -0.39 is 0 Å². The third-order valence-electron chi connectivity index (χ3n) is 4.48. The summed E-state index contributed by atoms with van der Waals surface area (Å²) in [6.07, 6.45) is 4.77. The first-order valence-corrected chi connectivity index (χ1v) is 8.12. The molecule has 0 aliphatic carbocycles. The Labute approximate surface area is 124 Å². The van der Waals surface area contributed by atoms with Crippen LogP contribution in [0.25, 0.3) is 0 Å². The Morgan fingerprint density at radius 3 is 2.70 bits per heavy atom. The summed E-state index contributed by atoms with van der Waals surface area (Å²) in [6, 6.07) is -0.158. The molecule has 4 heteroatoms. The van der Waals surface area contributed by atoms with Crippen molar-refractivity contribution in [2.75, 3.05) is 33.3 Å². The molecule has 1 heterocycles. The minimum atomic E-state index is -0.158. The van der Waals surface area contributed by atoms with Gasteiger partial charge in [0.25, 0.3) is 0 Å². The van der Waals surface area contributed by atoms with Crippen LogP contribution >= 0.6 is 0 Å². The van der Waals surface area contributed by atoms with E-state index in [1.54, 1.807) is 0 Å². The fourth-order valence-electron chi connectivity index (χ4n) is 3.08. The van der Waals surface area contributed by atoms with E-state index in [1.165, 1.54) is 39.5 Å². The number of methoxy groups -OCH3 is 1. The second-order valence-electron chi connectivity index (χ2n) is 6.20. The molecule has 0 spiro atoms. The first kappa shape index (κ1) is 17.4. The molecule has 1 N–H and O–H groups in total. The maximum atomic E-state index is 11.7. The van der Waals surface area contributed by atoms with Crippen molar-refractivity contribution in [1.29, 1.82) is 0 Å². The fourth-order valence-corrected chi connectivity index (χ4v) is 3.08. The van der Waals surface area contributed by atoms with E-state index in [1.807, 2.05) is 6.92 Å². The van der Waals surface area contributed by atoms with Gasteiger partial charge in [0.05, 0.1) is 7.11 Å². The third-order valence-corrected chi connectivity index (χ3v) is 4.48. The van der Waals surface area contributed by atoms with Crippen LogP contribution in [0.4, 0.5) is 0 Å². The molecule has 118 valence electrons. The van der Waals surface area contributed by atoms with E-state index in [2.05, 4.69) is 24.1 Å². The molecule has 0 amide bonds. The van der Waals surface area contributed by atoms with Crippen molar-refractivity contribution in [1.82, 2.24) is 10.2 Å². The summed E-state index contributed by atoms with van der Waals surface area (Å²) in [5.74, 6) is 1.52. The Kier molecular flexibility index (Phi) is 8.15. The molecule has 4 nitrogen and oxygen atoms in total. The number of nitrogens with zero attached hydrogens (tertiary/aromatic N) is 1. The smallest absolute Gasteiger partial charge is 0.322 e. The van der Waals surface area contributed by atoms with Gasteiger partial charge in [-0.15, -0.1) is 0 Å². The van der Waals surface area contributed by atoms with Crippen LogP contribution in [0.3, 0.4) is 0 Å². The lowest BCUT2D eigenvalue weighted by Gasteiger charge is -2.23. The van der Waals surface area contributed by atoms with E-state index >= 15 is 0 Å². The molecule has 2 unspecified atom stereocenters. The molecule has 1 aliphatic heterocycles. The maximum Gasteiger partial charge on any atom is 0.322 e. The Hall–Kier alpha value is -0.610. The molecule has 0 radical (unpaired) electrons. The molecule has 0 aromatic carbocycles. The van der Waals surface area contributed by atoms with Gasteiger partial charge >= 0.3 is 5.97 Å². The Balaban J connectivity index is 2.38. The van der Waals surface area contributed by atoms with Crippen molar-refractivity contribution in [3.63, 3.8) is 0 Å². The van der Waals surface area contributed by atoms with Gasteiger partial charge in [0.2, 0.25) is 0 Å². The van der Waals surface area contributed by atoms with Gasteiger partial charge < -0.3 is 15.0 Å². The van der Waals surface area contributed by atoms with E-state index in [4.69, 9.17) is 4.74 Å². The van der Waals surface area contributed by atoms with Gasteiger partial charge in [-0.1, -0.05) is 20.8 Å². The number of nitrogens with one attached hydrogen (secondary N) is 1. The third kappa shape index (κ3) is 5.80. The molecule has 1 saturated heterocycles. The largest absolute Gasteiger partial charge is 0.468 e. The second kappa shape index (κ2) is 9.35. The van der Waals surface area contributed by atoms with Crippen LogP contribution in [0.15, 0.2) is 0 Å². The topological polar surface area (TPSA) is 41.6 Å². The Morgan fingerprint density at radius 1 is 1.35 bits per heavy atom. The van der Waals surface area contributed by atoms with Crippen molar-refractivity contribution in [2.45, 2.75) is 52.5 Å². The summed E-state index contributed by atoms with van der Waals surface area (Å²) in [5, 5.41) is 3.21. The zero-order valence-corrected chi connectivity index (χ0v) is 13.7. The van der Waals surface area contributed by atoms with Gasteiger partial charge in [-0.05, 0) is 57.2 Å². The predicted molar refractivity (Wildman–Crippen MR) is 82.7 cm³/mol. The second-order valence-corrected chi connectivity index (χ2v) is 6.20. The van der Waals surface area contributed by atoms with Crippen molar-refractivity contribution in [2.24, 2.45) is 11.8 Å². The number of hydrogen-bond acceptors (Lipinski definition) is 4. The van der Waals surface area contributed by atoms with Crippen molar-refractivity contribution >= 4 is 5.97 Å². The van der Waals surface area contributed by atoms with Crippen LogP contribution in [0, 0.1) is 11.8 Å². The number of likely N-dealkylation sites (tertiary alicyclic amines) is 1. The zero-order valence-electron chi connectivity index (χ0n) is 13.7. The van der Waals surface area contributed by atoms with Gasteiger partial charge in [-0.25, -0.2) is 0 Å². The molecule has 0 bridgehead atoms. The van der Waals surface area contributed by atoms with Gasteiger partial charge in [0.15, 0.2) is 0 Å². The van der Waals surface area contributed by atoms with Crippen molar-refractivity contribution in [3.8, 4) is 0 Å². The summed E-state index contributed by atoms with van der Waals surface area (Å²) >= 11 is 0. The number of hydrogen-bond donors (Lipinski definition) is 1. The number of esters is 1. The molecule has 1 rings (SSSR count). The highest BCUT2D eigenvalue weighted by molar-refractivity contribution is 5.75. The van der Waals surface area contributed by atoms with Gasteiger partial charge in [0.1, 0.15) is 6.04 Å². The monoisotopic (exact) mass is 284 g/mol. The normalized spacial score (nSPS) is 22.6. The molecular formula is C16H32N2O2. The molecular weight excluding hydrogens is 252 g/mol. The average Bonchev–Trinajstić information content (AvgIpc) is 2.68. The van der Waals surface area contributed by atoms with Crippen LogP contribution in [-0.2, 0) is 9.53 Å². The number of carbonyl (C=O) groups is 1. The Bertz CT molecular complexity index is 282. The number of carbonyl (C=O) groups excluding carboxylic acids is 1. The summed E-state index contributed by atoms with van der Waals surface area (Å²) in [6.45, 7) is 10.8. The van der Waals surface area contributed by atoms with E-state index in [-0.39, 0.29) is 12.0 Å². The SMILES string of the molecule is CCNC(CCN1CCCC(C(C)C)CC1)C(=O)OC. The van der Waals surface area contributed by atoms with Crippen LogP contribution in [-0.4, -0.2) is 50.2 Å². The molecule has 20 heavy (non-hydrogen) atoms. The van der Waals surface area contributed by atoms with E-state index in [0.717, 1.165) is 31.3 Å². The molecule has 0 aromatic rings. The minimum absolute atomic E-state index is 0.137. The number of rotatable bonds is 7. The lowest BCUT2D eigenvalue weighted by molar-refractivity contribution is -0.143. The first-order valence-electron chi connectivity index (χ1n) is 8.12. The van der Waals surface area contributed by atoms with Gasteiger partial charge in [-0.2, -0.15) is 0 Å². The first-order chi connectivity index (χ1) is 9.58. The van der Waals surface area contributed by atoms with Crippen LogP contribution < -0.4 is 5.32 Å². The lowest BCUT2D eigenvalue weighted by Crippen LogP contribution is -2.40. The summed E-state index contributed by atoms with van der Waals surface area (Å²) in [5.41, 5.74) is 0. The quantitative estimate of drug-likeness (QED) is 0.728. The highest BCUT2D eigenvalue weighted by Gasteiger charge is 2.22. The molecule has 1 fully saturated rings. The highest BCUT2D eigenvalue weighted by Crippen LogP contribution is 2.24. The minimum Gasteiger partial charge on any atom is -0.468 e. The van der Waals surface area contributed by atoms with Crippen molar-refractivity contribution < 1.29 is 9.53 Å². The van der Waals surface area contributed by atoms with E-state index in [0.29, 0.717) is 0 Å². The van der Waals surface area contributed by atoms with Crippen molar-refractivity contribution in [3.05, 3.63) is 0 Å². The van der Waals surface area contributed by atoms with Gasteiger partial charge in [0, 0.05) is 6.54 Å². The molecule has 0 saturated carbocycles. The summed E-state index contributed by atoms with van der Waals surface area (Å²) < 4.78 is 4.86. The molecule has 0 aromatic heterocycles. The number of ether oxygens (including phenoxy) is 1. The average molecular weight is 284 g/mol. The summed E-state index contributed by atoms with van der Waals surface area (Å²) in [7, 11) is 1.46. The Morgan fingerprint density at radius 2 is 2.10 bits per heavy atom. The van der Waals surface area contributed by atoms with Crippen LogP contribution in [0.5, 0.6) is 0 Å². The maximum absolute atomic E-state index is 11.7. The molecule has 1 aliphatic rings.